The van der Waals surface area contributed by atoms with Gasteiger partial charge in [-0.2, -0.15) is 11.8 Å². The number of thioether (sulfide) groups is 1. The van der Waals surface area contributed by atoms with Crippen LogP contribution in [0, 0.1) is 5.92 Å². The summed E-state index contributed by atoms with van der Waals surface area (Å²) in [6, 6.07) is -5.12. The molecule has 4 unspecified atom stereocenters. The van der Waals surface area contributed by atoms with Crippen molar-refractivity contribution in [1.82, 2.24) is 16.0 Å². The summed E-state index contributed by atoms with van der Waals surface area (Å²) in [7, 11) is 0. The fourth-order valence-corrected chi connectivity index (χ4v) is 3.09. The molecule has 0 aromatic carbocycles. The summed E-state index contributed by atoms with van der Waals surface area (Å²) in [5.74, 6) is -6.45. The molecule has 13 nitrogen and oxygen atoms in total. The zero-order chi connectivity index (χ0) is 25.7. The Morgan fingerprint density at radius 3 is 1.85 bits per heavy atom. The number of aliphatic carboxylic acids is 3. The number of hydrogen-bond donors (Lipinski definition) is 7. The van der Waals surface area contributed by atoms with Crippen molar-refractivity contribution < 1.29 is 44.1 Å². The van der Waals surface area contributed by atoms with E-state index >= 15 is 0 Å². The van der Waals surface area contributed by atoms with Gasteiger partial charge in [-0.05, 0) is 30.8 Å². The van der Waals surface area contributed by atoms with Crippen LogP contribution in [0.4, 0.5) is 0 Å². The van der Waals surface area contributed by atoms with Crippen LogP contribution in [-0.4, -0.2) is 87.1 Å². The van der Waals surface area contributed by atoms with E-state index in [4.69, 9.17) is 21.1 Å². The molecule has 0 aliphatic rings. The third-order valence-electron chi connectivity index (χ3n) is 4.49. The monoisotopic (exact) mass is 492 g/mol. The normalized spacial score (nSPS) is 14.5. The van der Waals surface area contributed by atoms with Gasteiger partial charge in [-0.15, -0.1) is 0 Å². The van der Waals surface area contributed by atoms with Gasteiger partial charge in [0.25, 0.3) is 0 Å². The molecule has 0 aromatic heterocycles. The van der Waals surface area contributed by atoms with Crippen molar-refractivity contribution in [1.29, 1.82) is 0 Å². The Morgan fingerprint density at radius 2 is 1.39 bits per heavy atom. The van der Waals surface area contributed by atoms with E-state index in [0.29, 0.717) is 5.75 Å². The first-order valence-corrected chi connectivity index (χ1v) is 11.5. The first-order chi connectivity index (χ1) is 15.3. The minimum atomic E-state index is -1.69. The largest absolute Gasteiger partial charge is 0.481 e. The van der Waals surface area contributed by atoms with Crippen molar-refractivity contribution in [2.24, 2.45) is 11.7 Å². The highest BCUT2D eigenvalue weighted by molar-refractivity contribution is 7.98. The summed E-state index contributed by atoms with van der Waals surface area (Å²) in [5, 5.41) is 33.7. The average molecular weight is 493 g/mol. The van der Waals surface area contributed by atoms with Crippen LogP contribution >= 0.6 is 11.8 Å². The zero-order valence-electron chi connectivity index (χ0n) is 18.7. The maximum absolute atomic E-state index is 12.8. The molecule has 8 N–H and O–H groups in total. The number of amides is 3. The van der Waals surface area contributed by atoms with Crippen LogP contribution in [0.15, 0.2) is 0 Å². The number of nitrogens with one attached hydrogen (secondary N) is 3. The molecule has 0 bridgehead atoms. The van der Waals surface area contributed by atoms with Gasteiger partial charge >= 0.3 is 17.9 Å². The third-order valence-corrected chi connectivity index (χ3v) is 5.13. The molecule has 0 aromatic rings. The maximum Gasteiger partial charge on any atom is 0.326 e. The number of rotatable bonds is 16. The number of carbonyl (C=O) groups is 6. The number of carbonyl (C=O) groups excluding carboxylic acids is 3. The van der Waals surface area contributed by atoms with E-state index in [1.54, 1.807) is 20.1 Å². The predicted molar refractivity (Wildman–Crippen MR) is 118 cm³/mol. The Labute approximate surface area is 195 Å². The van der Waals surface area contributed by atoms with Gasteiger partial charge in [0.05, 0.1) is 12.5 Å². The van der Waals surface area contributed by atoms with Crippen molar-refractivity contribution in [3.8, 4) is 0 Å². The van der Waals surface area contributed by atoms with Crippen LogP contribution in [0.3, 0.4) is 0 Å². The lowest BCUT2D eigenvalue weighted by Crippen LogP contribution is -2.58. The first-order valence-electron chi connectivity index (χ1n) is 10.1. The van der Waals surface area contributed by atoms with Crippen LogP contribution in [0.1, 0.15) is 39.5 Å². The summed E-state index contributed by atoms with van der Waals surface area (Å²) in [6.45, 7) is 3.18. The lowest BCUT2D eigenvalue weighted by atomic mass is 10.0. The summed E-state index contributed by atoms with van der Waals surface area (Å²) in [4.78, 5) is 70.4. The summed E-state index contributed by atoms with van der Waals surface area (Å²) >= 11 is 1.41. The number of hydrogen-bond acceptors (Lipinski definition) is 8. The highest BCUT2D eigenvalue weighted by Crippen LogP contribution is 2.08. The Morgan fingerprint density at radius 1 is 0.818 bits per heavy atom. The van der Waals surface area contributed by atoms with Crippen LogP contribution in [0.5, 0.6) is 0 Å². The molecule has 0 radical (unpaired) electrons. The van der Waals surface area contributed by atoms with E-state index in [9.17, 15) is 28.8 Å². The van der Waals surface area contributed by atoms with E-state index in [2.05, 4.69) is 16.0 Å². The van der Waals surface area contributed by atoms with Gasteiger partial charge < -0.3 is 37.0 Å². The van der Waals surface area contributed by atoms with Crippen LogP contribution in [0.2, 0.25) is 0 Å². The standard InChI is InChI=1S/C19H32N4O9S/c1-9(2)15(18(30)22-12(19(31)32)8-14(26)27)23-17(29)11(6-7-33-3)21-16(28)10(20)4-5-13(24)25/h9-12,15H,4-8,20H2,1-3H3,(H,21,28)(H,22,30)(H,23,29)(H,24,25)(H,26,27)(H,31,32). The molecule has 33 heavy (non-hydrogen) atoms. The molecule has 14 heteroatoms. The first kappa shape index (κ1) is 30.1. The molecule has 0 saturated carbocycles. The van der Waals surface area contributed by atoms with Gasteiger partial charge in [-0.25, -0.2) is 4.79 Å². The van der Waals surface area contributed by atoms with Gasteiger partial charge in [-0.3, -0.25) is 24.0 Å². The fourth-order valence-electron chi connectivity index (χ4n) is 2.62. The van der Waals surface area contributed by atoms with E-state index < -0.39 is 72.1 Å². The summed E-state index contributed by atoms with van der Waals surface area (Å²) in [6.07, 6.45) is 0.671. The molecule has 0 aliphatic heterocycles. The third kappa shape index (κ3) is 12.1. The van der Waals surface area contributed by atoms with Gasteiger partial charge in [0.1, 0.15) is 18.1 Å². The topological polar surface area (TPSA) is 225 Å². The van der Waals surface area contributed by atoms with Crippen molar-refractivity contribution in [2.45, 2.75) is 63.7 Å². The summed E-state index contributed by atoms with van der Waals surface area (Å²) < 4.78 is 0. The number of carboxylic acid groups (broad SMARTS) is 3. The van der Waals surface area contributed by atoms with Crippen molar-refractivity contribution in [3.05, 3.63) is 0 Å². The molecule has 0 aliphatic carbocycles. The van der Waals surface area contributed by atoms with Crippen LogP contribution in [0.25, 0.3) is 0 Å². The lowest BCUT2D eigenvalue weighted by Gasteiger charge is -2.27. The van der Waals surface area contributed by atoms with Gasteiger partial charge in [-0.1, -0.05) is 13.8 Å². The highest BCUT2D eigenvalue weighted by atomic mass is 32.2. The Kier molecular flexibility index (Phi) is 13.7. The average Bonchev–Trinajstić information content (AvgIpc) is 2.71. The van der Waals surface area contributed by atoms with Gasteiger partial charge in [0.2, 0.25) is 17.7 Å². The second-order valence-corrected chi connectivity index (χ2v) is 8.59. The molecular weight excluding hydrogens is 460 g/mol. The van der Waals surface area contributed by atoms with Crippen molar-refractivity contribution in [2.75, 3.05) is 12.0 Å². The zero-order valence-corrected chi connectivity index (χ0v) is 19.5. The molecule has 0 fully saturated rings. The SMILES string of the molecule is CSCCC(NC(=O)C(N)CCC(=O)O)C(=O)NC(C(=O)NC(CC(=O)O)C(=O)O)C(C)C. The van der Waals surface area contributed by atoms with Gasteiger partial charge in [0.15, 0.2) is 0 Å². The molecule has 0 rings (SSSR count). The predicted octanol–water partition coefficient (Wildman–Crippen LogP) is -1.40. The van der Waals surface area contributed by atoms with Crippen molar-refractivity contribution in [3.63, 3.8) is 0 Å². The molecule has 4 atom stereocenters. The molecule has 0 spiro atoms. The van der Waals surface area contributed by atoms with Gasteiger partial charge in [0, 0.05) is 6.42 Å². The fraction of sp³-hybridized carbons (Fsp3) is 0.684. The molecule has 188 valence electrons. The minimum Gasteiger partial charge on any atom is -0.481 e. The molecular formula is C19H32N4O9S. The Balaban J connectivity index is 5.37. The van der Waals surface area contributed by atoms with Crippen molar-refractivity contribution >= 4 is 47.4 Å². The van der Waals surface area contributed by atoms with E-state index in [0.717, 1.165) is 0 Å². The van der Waals surface area contributed by atoms with Crippen LogP contribution < -0.4 is 21.7 Å². The molecule has 3 amide bonds. The number of carboxylic acids is 3. The second-order valence-electron chi connectivity index (χ2n) is 7.61. The smallest absolute Gasteiger partial charge is 0.326 e. The quantitative estimate of drug-likeness (QED) is 0.133. The Hall–Kier alpha value is -2.87. The summed E-state index contributed by atoms with van der Waals surface area (Å²) in [5.41, 5.74) is 5.68. The molecule has 0 heterocycles. The lowest BCUT2D eigenvalue weighted by molar-refractivity contribution is -0.147. The van der Waals surface area contributed by atoms with E-state index in [1.165, 1.54) is 11.8 Å². The molecule has 0 saturated heterocycles. The number of nitrogens with two attached hydrogens (primary N) is 1. The van der Waals surface area contributed by atoms with E-state index in [1.807, 2.05) is 0 Å². The van der Waals surface area contributed by atoms with Crippen LogP contribution in [-0.2, 0) is 28.8 Å². The minimum absolute atomic E-state index is 0.130. The highest BCUT2D eigenvalue weighted by Gasteiger charge is 2.32. The maximum atomic E-state index is 12.8. The Bertz CT molecular complexity index is 732. The van der Waals surface area contributed by atoms with E-state index in [-0.39, 0.29) is 19.3 Å². The second kappa shape index (κ2) is 15.1.